The first-order chi connectivity index (χ1) is 15.1. The van der Waals surface area contributed by atoms with Crippen LogP contribution in [0, 0.1) is 5.92 Å². The van der Waals surface area contributed by atoms with Crippen LogP contribution in [0.5, 0.6) is 11.5 Å². The van der Waals surface area contributed by atoms with Crippen molar-refractivity contribution in [3.63, 3.8) is 0 Å². The molecule has 1 N–H and O–H groups in total. The zero-order valence-electron chi connectivity index (χ0n) is 17.8. The van der Waals surface area contributed by atoms with Gasteiger partial charge in [0.05, 0.1) is 32.3 Å². The number of rotatable bonds is 8. The van der Waals surface area contributed by atoms with Gasteiger partial charge in [-0.25, -0.2) is 0 Å². The van der Waals surface area contributed by atoms with Crippen molar-refractivity contribution in [2.24, 2.45) is 5.92 Å². The zero-order chi connectivity index (χ0) is 21.8. The van der Waals surface area contributed by atoms with Crippen molar-refractivity contribution in [3.8, 4) is 11.5 Å². The van der Waals surface area contributed by atoms with Crippen LogP contribution in [-0.4, -0.2) is 25.2 Å². The van der Waals surface area contributed by atoms with E-state index in [0.29, 0.717) is 12.8 Å². The third kappa shape index (κ3) is 4.28. The van der Waals surface area contributed by atoms with Crippen LogP contribution in [0.25, 0.3) is 0 Å². The molecule has 0 aliphatic carbocycles. The Balaban J connectivity index is 1.56. The fourth-order valence-corrected chi connectivity index (χ4v) is 4.22. The van der Waals surface area contributed by atoms with Gasteiger partial charge in [0.25, 0.3) is 0 Å². The van der Waals surface area contributed by atoms with Crippen LogP contribution in [0.15, 0.2) is 78.9 Å². The Morgan fingerprint density at radius 1 is 0.871 bits per heavy atom. The summed E-state index contributed by atoms with van der Waals surface area (Å²) < 4.78 is 10.5. The number of aliphatic hydroxyl groups is 1. The summed E-state index contributed by atoms with van der Waals surface area (Å²) in [5, 5.41) is 10.6. The minimum absolute atomic E-state index is 0.0752. The maximum absolute atomic E-state index is 13.2. The number of anilines is 1. The van der Waals surface area contributed by atoms with Gasteiger partial charge in [-0.2, -0.15) is 0 Å². The number of amides is 1. The average molecular weight is 418 g/mol. The third-order valence-corrected chi connectivity index (χ3v) is 5.96. The number of ether oxygens (including phenoxy) is 2. The van der Waals surface area contributed by atoms with Gasteiger partial charge in [0, 0.05) is 5.69 Å². The summed E-state index contributed by atoms with van der Waals surface area (Å²) in [6.07, 6.45) is 0.558. The van der Waals surface area contributed by atoms with Crippen LogP contribution in [0.3, 0.4) is 0 Å². The molecule has 3 aromatic carbocycles. The first kappa shape index (κ1) is 20.9. The molecule has 1 amide bonds. The van der Waals surface area contributed by atoms with E-state index in [4.69, 9.17) is 9.47 Å². The number of hydrogen-bond acceptors (Lipinski definition) is 4. The Hall–Kier alpha value is -3.31. The molecule has 31 heavy (non-hydrogen) atoms. The summed E-state index contributed by atoms with van der Waals surface area (Å²) >= 11 is 0. The quantitative estimate of drug-likeness (QED) is 0.529. The molecule has 0 bridgehead atoms. The number of benzene rings is 3. The normalized spacial score (nSPS) is 18.9. The largest absolute Gasteiger partial charge is 0.497 e. The number of carbonyl (C=O) groups is 1. The lowest BCUT2D eigenvalue weighted by atomic mass is 9.78. The van der Waals surface area contributed by atoms with E-state index in [1.807, 2.05) is 83.8 Å². The molecule has 0 radical (unpaired) electrons. The van der Waals surface area contributed by atoms with Crippen LogP contribution in [0.1, 0.15) is 36.1 Å². The van der Waals surface area contributed by atoms with Crippen LogP contribution >= 0.6 is 0 Å². The van der Waals surface area contributed by atoms with Crippen LogP contribution < -0.4 is 14.4 Å². The Morgan fingerprint density at radius 3 is 2.03 bits per heavy atom. The molecule has 0 aromatic heterocycles. The van der Waals surface area contributed by atoms with E-state index in [0.717, 1.165) is 28.3 Å². The van der Waals surface area contributed by atoms with Crippen molar-refractivity contribution in [1.29, 1.82) is 0 Å². The molecule has 5 nitrogen and oxygen atoms in total. The molecular weight excluding hydrogens is 390 g/mol. The fraction of sp³-hybridized carbons (Fsp3) is 0.269. The SMILES string of the molecule is COc1ccc([C@H]2[C@H](CC[C@H](O)c3ccccc3)C(=O)N2c2ccc(OC)cc2)cc1. The molecule has 0 unspecified atom stereocenters. The minimum atomic E-state index is -0.583. The first-order valence-electron chi connectivity index (χ1n) is 10.5. The maximum atomic E-state index is 13.2. The van der Waals surface area contributed by atoms with Gasteiger partial charge in [-0.15, -0.1) is 0 Å². The monoisotopic (exact) mass is 417 g/mol. The molecule has 3 aromatic rings. The Bertz CT molecular complexity index is 1000. The highest BCUT2D eigenvalue weighted by Gasteiger charge is 2.48. The second-order valence-corrected chi connectivity index (χ2v) is 7.73. The molecule has 0 spiro atoms. The van der Waals surface area contributed by atoms with Crippen LogP contribution in [0.2, 0.25) is 0 Å². The van der Waals surface area contributed by atoms with Gasteiger partial charge in [-0.3, -0.25) is 4.79 Å². The molecule has 0 saturated carbocycles. The molecule has 5 heteroatoms. The minimum Gasteiger partial charge on any atom is -0.497 e. The van der Waals surface area contributed by atoms with Gasteiger partial charge in [0.1, 0.15) is 11.5 Å². The highest BCUT2D eigenvalue weighted by atomic mass is 16.5. The fourth-order valence-electron chi connectivity index (χ4n) is 4.22. The number of nitrogens with zero attached hydrogens (tertiary/aromatic N) is 1. The van der Waals surface area contributed by atoms with Crippen molar-refractivity contribution in [1.82, 2.24) is 0 Å². The molecule has 1 fully saturated rings. The van der Waals surface area contributed by atoms with Gasteiger partial charge < -0.3 is 19.5 Å². The summed E-state index contributed by atoms with van der Waals surface area (Å²) in [4.78, 5) is 15.0. The van der Waals surface area contributed by atoms with E-state index in [1.165, 1.54) is 0 Å². The number of methoxy groups -OCH3 is 2. The summed E-state index contributed by atoms with van der Waals surface area (Å²) in [5.74, 6) is 1.42. The summed E-state index contributed by atoms with van der Waals surface area (Å²) in [6.45, 7) is 0. The lowest BCUT2D eigenvalue weighted by molar-refractivity contribution is -0.131. The van der Waals surface area contributed by atoms with E-state index >= 15 is 0 Å². The lowest BCUT2D eigenvalue weighted by Crippen LogP contribution is -2.55. The van der Waals surface area contributed by atoms with Crippen LogP contribution in [0.4, 0.5) is 5.69 Å². The lowest BCUT2D eigenvalue weighted by Gasteiger charge is -2.48. The van der Waals surface area contributed by atoms with Gasteiger partial charge >= 0.3 is 0 Å². The van der Waals surface area contributed by atoms with E-state index < -0.39 is 6.10 Å². The summed E-state index contributed by atoms with van der Waals surface area (Å²) in [7, 11) is 3.26. The number of hydrogen-bond donors (Lipinski definition) is 1. The summed E-state index contributed by atoms with van der Waals surface area (Å²) in [5.41, 5.74) is 2.77. The van der Waals surface area contributed by atoms with Gasteiger partial charge in [-0.1, -0.05) is 42.5 Å². The highest BCUT2D eigenvalue weighted by molar-refractivity contribution is 6.03. The van der Waals surface area contributed by atoms with Crippen molar-refractivity contribution in [3.05, 3.63) is 90.0 Å². The molecule has 4 rings (SSSR count). The van der Waals surface area contributed by atoms with Crippen molar-refractivity contribution >= 4 is 11.6 Å². The van der Waals surface area contributed by atoms with E-state index in [2.05, 4.69) is 0 Å². The number of β-lactam (4-membered cyclic amide) rings is 1. The van der Waals surface area contributed by atoms with Crippen molar-refractivity contribution < 1.29 is 19.4 Å². The standard InChI is InChI=1S/C26H27NO4/c1-30-21-12-8-19(9-13-21)25-23(16-17-24(28)18-6-4-3-5-7-18)26(29)27(25)20-10-14-22(31-2)15-11-20/h3-15,23-25,28H,16-17H2,1-2H3/t23-,24-,25-/m0/s1. The molecule has 1 heterocycles. The zero-order valence-corrected chi connectivity index (χ0v) is 17.8. The number of carbonyl (C=O) groups excluding carboxylic acids is 1. The Kier molecular flexibility index (Phi) is 6.23. The summed E-state index contributed by atoms with van der Waals surface area (Å²) in [6, 6.07) is 24.9. The van der Waals surface area contributed by atoms with Gasteiger partial charge in [-0.05, 0) is 60.4 Å². The van der Waals surface area contributed by atoms with Gasteiger partial charge in [0.15, 0.2) is 0 Å². The topological polar surface area (TPSA) is 59.0 Å². The maximum Gasteiger partial charge on any atom is 0.233 e. The molecule has 3 atom stereocenters. The number of aliphatic hydroxyl groups excluding tert-OH is 1. The van der Waals surface area contributed by atoms with Crippen molar-refractivity contribution in [2.45, 2.75) is 25.0 Å². The van der Waals surface area contributed by atoms with Crippen LogP contribution in [-0.2, 0) is 4.79 Å². The average Bonchev–Trinajstić information content (AvgIpc) is 2.83. The van der Waals surface area contributed by atoms with Crippen molar-refractivity contribution in [2.75, 3.05) is 19.1 Å². The molecule has 1 saturated heterocycles. The Morgan fingerprint density at radius 2 is 1.45 bits per heavy atom. The van der Waals surface area contributed by atoms with Gasteiger partial charge in [0.2, 0.25) is 5.91 Å². The van der Waals surface area contributed by atoms with E-state index in [9.17, 15) is 9.90 Å². The van der Waals surface area contributed by atoms with E-state index in [1.54, 1.807) is 14.2 Å². The predicted octanol–water partition coefficient (Wildman–Crippen LogP) is 4.92. The molecular formula is C26H27NO4. The smallest absolute Gasteiger partial charge is 0.233 e. The second kappa shape index (κ2) is 9.23. The molecule has 1 aliphatic rings. The first-order valence-corrected chi connectivity index (χ1v) is 10.5. The Labute approximate surface area is 182 Å². The second-order valence-electron chi connectivity index (χ2n) is 7.73. The molecule has 1 aliphatic heterocycles. The highest BCUT2D eigenvalue weighted by Crippen LogP contribution is 2.46. The van der Waals surface area contributed by atoms with E-state index in [-0.39, 0.29) is 17.9 Å². The molecule has 160 valence electrons. The predicted molar refractivity (Wildman–Crippen MR) is 120 cm³/mol. The third-order valence-electron chi connectivity index (χ3n) is 5.96.